The molecular weight excluding hydrogens is 232 g/mol. The van der Waals surface area contributed by atoms with Crippen molar-refractivity contribution in [2.75, 3.05) is 6.61 Å². The first kappa shape index (κ1) is 10.7. The minimum atomic E-state index is -1.15. The molecule has 0 bridgehead atoms. The van der Waals surface area contributed by atoms with Gasteiger partial charge in [-0.25, -0.2) is 14.3 Å². The molecule has 0 aliphatic heterocycles. The molecule has 0 saturated heterocycles. The van der Waals surface area contributed by atoms with Gasteiger partial charge in [0, 0.05) is 12.5 Å². The topological polar surface area (TPSA) is 104 Å². The van der Waals surface area contributed by atoms with Crippen LogP contribution >= 0.6 is 12.2 Å². The van der Waals surface area contributed by atoms with Crippen LogP contribution in [-0.4, -0.2) is 42.4 Å². The molecule has 0 amide bonds. The zero-order valence-corrected chi connectivity index (χ0v) is 8.86. The van der Waals surface area contributed by atoms with Crippen LogP contribution in [0.25, 0.3) is 5.78 Å². The van der Waals surface area contributed by atoms with Crippen molar-refractivity contribution in [2.45, 2.75) is 6.42 Å². The number of nitrogens with one attached hydrogen (secondary N) is 1. The van der Waals surface area contributed by atoms with Gasteiger partial charge in [0.15, 0.2) is 5.69 Å². The maximum Gasteiger partial charge on any atom is 0.354 e. The highest BCUT2D eigenvalue weighted by atomic mass is 32.1. The van der Waals surface area contributed by atoms with E-state index < -0.39 is 5.97 Å². The monoisotopic (exact) mass is 240 g/mol. The Hall–Kier alpha value is -1.80. The van der Waals surface area contributed by atoms with Crippen molar-refractivity contribution in [3.8, 4) is 0 Å². The van der Waals surface area contributed by atoms with E-state index in [0.29, 0.717) is 12.2 Å². The molecule has 2 heterocycles. The van der Waals surface area contributed by atoms with Crippen molar-refractivity contribution in [1.82, 2.24) is 19.6 Å². The number of hydrogen-bond acceptors (Lipinski definition) is 5. The van der Waals surface area contributed by atoms with Crippen molar-refractivity contribution in [2.24, 2.45) is 0 Å². The van der Waals surface area contributed by atoms with E-state index in [1.54, 1.807) is 0 Å². The maximum atomic E-state index is 10.7. The van der Waals surface area contributed by atoms with Gasteiger partial charge in [-0.1, -0.05) is 12.2 Å². The number of carboxylic acid groups (broad SMARTS) is 1. The molecule has 0 aliphatic rings. The Labute approximate surface area is 94.4 Å². The van der Waals surface area contributed by atoms with E-state index in [1.807, 2.05) is 0 Å². The summed E-state index contributed by atoms with van der Waals surface area (Å²) in [4.78, 5) is 18.6. The van der Waals surface area contributed by atoms with Gasteiger partial charge in [0.1, 0.15) is 10.5 Å². The number of H-pyrrole nitrogens is 1. The van der Waals surface area contributed by atoms with Crippen LogP contribution in [0.5, 0.6) is 0 Å². The molecule has 8 heteroatoms. The molecule has 0 fully saturated rings. The van der Waals surface area contributed by atoms with Crippen molar-refractivity contribution in [1.29, 1.82) is 0 Å². The average Bonchev–Trinajstić information content (AvgIpc) is 2.61. The first-order chi connectivity index (χ1) is 7.61. The lowest BCUT2D eigenvalue weighted by atomic mass is 10.4. The Balaban J connectivity index is 2.63. The Kier molecular flexibility index (Phi) is 2.67. The number of fused-ring (bicyclic) bond motifs is 1. The van der Waals surface area contributed by atoms with Crippen LogP contribution in [0.15, 0.2) is 6.07 Å². The number of carboxylic acids is 1. The standard InChI is InChI=1S/C8H8N4O3S/c13-2-1-5-10-8-9-4(7(14)15)3-6(16)12(8)11-5/h3,13H,1-2H2,(H,14,15)(H,9,10,11). The summed E-state index contributed by atoms with van der Waals surface area (Å²) in [6.07, 6.45) is 0.334. The zero-order chi connectivity index (χ0) is 11.7. The fourth-order valence-corrected chi connectivity index (χ4v) is 1.49. The van der Waals surface area contributed by atoms with Crippen LogP contribution in [0.4, 0.5) is 0 Å². The second-order valence-electron chi connectivity index (χ2n) is 3.06. The number of hydrogen-bond donors (Lipinski definition) is 3. The van der Waals surface area contributed by atoms with E-state index in [0.717, 1.165) is 0 Å². The van der Waals surface area contributed by atoms with Crippen LogP contribution < -0.4 is 0 Å². The van der Waals surface area contributed by atoms with E-state index in [-0.39, 0.29) is 22.7 Å². The molecule has 0 aliphatic carbocycles. The molecule has 84 valence electrons. The molecule has 7 nitrogen and oxygen atoms in total. The molecule has 0 saturated carbocycles. The van der Waals surface area contributed by atoms with Crippen LogP contribution in [-0.2, 0) is 6.42 Å². The number of nitrogens with zero attached hydrogens (tertiary/aromatic N) is 3. The molecule has 3 N–H and O–H groups in total. The van der Waals surface area contributed by atoms with Gasteiger partial charge in [-0.3, -0.25) is 5.10 Å². The third-order valence-electron chi connectivity index (χ3n) is 1.94. The summed E-state index contributed by atoms with van der Waals surface area (Å²) in [5.74, 6) is -0.461. The first-order valence-corrected chi connectivity index (χ1v) is 4.85. The summed E-state index contributed by atoms with van der Waals surface area (Å²) in [5.41, 5.74) is -0.146. The summed E-state index contributed by atoms with van der Waals surface area (Å²) >= 11 is 4.98. The number of aliphatic hydroxyl groups excluding tert-OH is 1. The van der Waals surface area contributed by atoms with Crippen LogP contribution in [0.1, 0.15) is 16.3 Å². The molecule has 0 unspecified atom stereocenters. The van der Waals surface area contributed by atoms with E-state index in [4.69, 9.17) is 22.4 Å². The minimum absolute atomic E-state index is 0.0566. The summed E-state index contributed by atoms with van der Waals surface area (Å²) < 4.78 is 1.67. The van der Waals surface area contributed by atoms with Gasteiger partial charge in [-0.2, -0.15) is 4.98 Å². The number of rotatable bonds is 3. The molecule has 16 heavy (non-hydrogen) atoms. The molecule has 0 spiro atoms. The second kappa shape index (κ2) is 3.99. The highest BCUT2D eigenvalue weighted by Gasteiger charge is 2.10. The number of carbonyl (C=O) groups is 1. The Morgan fingerprint density at radius 3 is 2.94 bits per heavy atom. The number of aromatic carboxylic acids is 1. The summed E-state index contributed by atoms with van der Waals surface area (Å²) in [7, 11) is 0. The molecule has 2 aromatic heterocycles. The molecule has 2 rings (SSSR count). The largest absolute Gasteiger partial charge is 0.477 e. The van der Waals surface area contributed by atoms with E-state index in [1.165, 1.54) is 10.6 Å². The highest BCUT2D eigenvalue weighted by Crippen LogP contribution is 2.03. The molecule has 2 aromatic rings. The zero-order valence-electron chi connectivity index (χ0n) is 8.04. The van der Waals surface area contributed by atoms with E-state index >= 15 is 0 Å². The predicted octanol–water partition coefficient (Wildman–Crippen LogP) is 0.0199. The highest BCUT2D eigenvalue weighted by molar-refractivity contribution is 7.71. The number of aromatic amines is 1. The predicted molar refractivity (Wildman–Crippen MR) is 55.9 cm³/mol. The van der Waals surface area contributed by atoms with E-state index in [9.17, 15) is 4.79 Å². The molecule has 0 atom stereocenters. The lowest BCUT2D eigenvalue weighted by Crippen LogP contribution is -2.03. The summed E-state index contributed by atoms with van der Waals surface area (Å²) in [6.45, 7) is -0.0566. The normalized spacial score (nSPS) is 10.8. The van der Waals surface area contributed by atoms with Crippen LogP contribution in [0, 0.1) is 4.64 Å². The average molecular weight is 240 g/mol. The van der Waals surface area contributed by atoms with Crippen molar-refractivity contribution in [3.05, 3.63) is 22.2 Å². The van der Waals surface area contributed by atoms with Gasteiger partial charge in [-0.05, 0) is 0 Å². The Bertz CT molecular complexity index is 603. The summed E-state index contributed by atoms with van der Waals surface area (Å²) in [5, 5.41) is 20.3. The van der Waals surface area contributed by atoms with Crippen molar-refractivity contribution in [3.63, 3.8) is 0 Å². The van der Waals surface area contributed by atoms with E-state index in [2.05, 4.69) is 15.1 Å². The molecule has 0 aromatic carbocycles. The fraction of sp³-hybridized carbons (Fsp3) is 0.250. The fourth-order valence-electron chi connectivity index (χ4n) is 1.25. The third-order valence-corrected chi connectivity index (χ3v) is 2.25. The Morgan fingerprint density at radius 1 is 1.56 bits per heavy atom. The number of aliphatic hydroxyl groups is 1. The SMILES string of the molecule is O=C(O)c1cc(=S)n2[nH]c(CCO)nc2n1. The van der Waals surface area contributed by atoms with Crippen LogP contribution in [0.2, 0.25) is 0 Å². The van der Waals surface area contributed by atoms with Gasteiger partial charge >= 0.3 is 5.97 Å². The third kappa shape index (κ3) is 1.79. The summed E-state index contributed by atoms with van der Waals surface area (Å²) in [6, 6.07) is 1.27. The maximum absolute atomic E-state index is 10.7. The van der Waals surface area contributed by atoms with Crippen molar-refractivity contribution >= 4 is 24.0 Å². The number of aromatic nitrogens is 4. The molecular formula is C8H8N4O3S. The lowest BCUT2D eigenvalue weighted by Gasteiger charge is -1.94. The second-order valence-corrected chi connectivity index (χ2v) is 3.48. The quantitative estimate of drug-likeness (QED) is 0.653. The Morgan fingerprint density at radius 2 is 2.31 bits per heavy atom. The smallest absolute Gasteiger partial charge is 0.354 e. The first-order valence-electron chi connectivity index (χ1n) is 4.44. The van der Waals surface area contributed by atoms with Crippen LogP contribution in [0.3, 0.4) is 0 Å². The van der Waals surface area contributed by atoms with Gasteiger partial charge in [-0.15, -0.1) is 0 Å². The van der Waals surface area contributed by atoms with Gasteiger partial charge in [0.2, 0.25) is 0 Å². The molecule has 0 radical (unpaired) electrons. The minimum Gasteiger partial charge on any atom is -0.477 e. The van der Waals surface area contributed by atoms with Crippen molar-refractivity contribution < 1.29 is 15.0 Å². The van der Waals surface area contributed by atoms with Gasteiger partial charge in [0.25, 0.3) is 5.78 Å². The van der Waals surface area contributed by atoms with Gasteiger partial charge < -0.3 is 10.2 Å². The van der Waals surface area contributed by atoms with Gasteiger partial charge in [0.05, 0.1) is 6.61 Å². The lowest BCUT2D eigenvalue weighted by molar-refractivity contribution is 0.0690.